The molecule has 1 aromatic heterocycles. The van der Waals surface area contributed by atoms with Gasteiger partial charge in [0.1, 0.15) is 5.82 Å². The number of hydrogen-bond acceptors (Lipinski definition) is 6. The maximum absolute atomic E-state index is 12.4. The Balaban J connectivity index is 1.96. The van der Waals surface area contributed by atoms with Crippen molar-refractivity contribution in [3.8, 4) is 0 Å². The predicted molar refractivity (Wildman–Crippen MR) is 88.7 cm³/mol. The Bertz CT molecular complexity index is 566. The summed E-state index contributed by atoms with van der Waals surface area (Å²) in [5, 5.41) is 3.29. The van der Waals surface area contributed by atoms with E-state index in [9.17, 15) is 9.59 Å². The second kappa shape index (κ2) is 9.05. The number of ketones is 1. The number of carbonyl (C=O) groups excluding carboxylic acids is 2. The fourth-order valence-corrected chi connectivity index (χ4v) is 2.44. The lowest BCUT2D eigenvalue weighted by molar-refractivity contribution is -0.142. The standard InChI is InChI=1S/C17H23N3O3/c1-2-23-16(22)8-4-3-7-15(21)14-6-5-9-19-17(14)20-12-10-18-11-13-20/h3-6,9,18H,2,7-8,10-13H2,1H3/b4-3+. The molecule has 1 fully saturated rings. The van der Waals surface area contributed by atoms with Crippen molar-refractivity contribution in [2.45, 2.75) is 19.8 Å². The zero-order valence-electron chi connectivity index (χ0n) is 13.5. The third-order valence-corrected chi connectivity index (χ3v) is 3.56. The van der Waals surface area contributed by atoms with Gasteiger partial charge in [0.15, 0.2) is 5.78 Å². The van der Waals surface area contributed by atoms with Crippen LogP contribution in [-0.2, 0) is 9.53 Å². The summed E-state index contributed by atoms with van der Waals surface area (Å²) in [7, 11) is 0. The van der Waals surface area contributed by atoms with Gasteiger partial charge in [-0.3, -0.25) is 9.59 Å². The van der Waals surface area contributed by atoms with Crippen LogP contribution in [0.15, 0.2) is 30.5 Å². The van der Waals surface area contributed by atoms with Crippen molar-refractivity contribution >= 4 is 17.6 Å². The number of pyridine rings is 1. The molecule has 0 amide bonds. The van der Waals surface area contributed by atoms with Gasteiger partial charge in [0.25, 0.3) is 0 Å². The zero-order valence-corrected chi connectivity index (χ0v) is 13.5. The molecule has 1 aromatic rings. The molecular formula is C17H23N3O3. The number of rotatable bonds is 7. The molecular weight excluding hydrogens is 294 g/mol. The molecule has 1 saturated heterocycles. The zero-order chi connectivity index (χ0) is 16.5. The van der Waals surface area contributed by atoms with Gasteiger partial charge in [-0.25, -0.2) is 4.98 Å². The van der Waals surface area contributed by atoms with E-state index in [1.165, 1.54) is 0 Å². The van der Waals surface area contributed by atoms with Crippen LogP contribution in [-0.4, -0.2) is 49.5 Å². The molecule has 1 N–H and O–H groups in total. The fourth-order valence-electron chi connectivity index (χ4n) is 2.44. The average Bonchev–Trinajstić information content (AvgIpc) is 2.59. The second-order valence-corrected chi connectivity index (χ2v) is 5.22. The summed E-state index contributed by atoms with van der Waals surface area (Å²) in [4.78, 5) is 30.2. The number of hydrogen-bond donors (Lipinski definition) is 1. The summed E-state index contributed by atoms with van der Waals surface area (Å²) in [6, 6.07) is 3.59. The monoisotopic (exact) mass is 317 g/mol. The van der Waals surface area contributed by atoms with Gasteiger partial charge in [-0.1, -0.05) is 12.2 Å². The summed E-state index contributed by atoms with van der Waals surface area (Å²) in [6.07, 6.45) is 5.55. The van der Waals surface area contributed by atoms with Gasteiger partial charge >= 0.3 is 5.97 Å². The van der Waals surface area contributed by atoms with Crippen LogP contribution in [0.5, 0.6) is 0 Å². The Morgan fingerprint density at radius 3 is 2.78 bits per heavy atom. The normalized spacial score (nSPS) is 14.9. The van der Waals surface area contributed by atoms with Crippen LogP contribution in [0.1, 0.15) is 30.1 Å². The van der Waals surface area contributed by atoms with E-state index in [4.69, 9.17) is 4.74 Å². The van der Waals surface area contributed by atoms with Gasteiger partial charge in [-0.2, -0.15) is 0 Å². The number of piperazine rings is 1. The fraction of sp³-hybridized carbons (Fsp3) is 0.471. The number of nitrogens with zero attached hydrogens (tertiary/aromatic N) is 2. The summed E-state index contributed by atoms with van der Waals surface area (Å²) in [5.74, 6) is 0.476. The van der Waals surface area contributed by atoms with Crippen LogP contribution in [0.2, 0.25) is 0 Å². The number of carbonyl (C=O) groups is 2. The molecule has 6 nitrogen and oxygen atoms in total. The van der Waals surface area contributed by atoms with Crippen molar-refractivity contribution in [3.63, 3.8) is 0 Å². The van der Waals surface area contributed by atoms with Gasteiger partial charge in [-0.15, -0.1) is 0 Å². The highest BCUT2D eigenvalue weighted by Crippen LogP contribution is 2.19. The maximum atomic E-state index is 12.4. The van der Waals surface area contributed by atoms with E-state index in [0.29, 0.717) is 12.2 Å². The number of esters is 1. The molecule has 23 heavy (non-hydrogen) atoms. The number of anilines is 1. The first kappa shape index (κ1) is 17.1. The molecule has 0 unspecified atom stereocenters. The van der Waals surface area contributed by atoms with Crippen LogP contribution in [0.4, 0.5) is 5.82 Å². The van der Waals surface area contributed by atoms with E-state index in [0.717, 1.165) is 32.0 Å². The minimum absolute atomic E-state index is 0.00624. The SMILES string of the molecule is CCOC(=O)C/C=C/CC(=O)c1cccnc1N1CCNCC1. The Morgan fingerprint density at radius 1 is 1.30 bits per heavy atom. The van der Waals surface area contributed by atoms with E-state index >= 15 is 0 Å². The molecule has 0 atom stereocenters. The van der Waals surface area contributed by atoms with E-state index in [-0.39, 0.29) is 24.6 Å². The average molecular weight is 317 g/mol. The predicted octanol–water partition coefficient (Wildman–Crippen LogP) is 1.57. The molecule has 0 radical (unpaired) electrons. The van der Waals surface area contributed by atoms with Gasteiger partial charge in [0.05, 0.1) is 18.6 Å². The lowest BCUT2D eigenvalue weighted by Gasteiger charge is -2.29. The molecule has 0 saturated carbocycles. The number of aromatic nitrogens is 1. The van der Waals surface area contributed by atoms with Crippen molar-refractivity contribution in [3.05, 3.63) is 36.0 Å². The largest absolute Gasteiger partial charge is 0.466 e. The molecule has 124 valence electrons. The summed E-state index contributed by atoms with van der Waals surface area (Å²) in [6.45, 7) is 5.61. The maximum Gasteiger partial charge on any atom is 0.309 e. The number of allylic oxidation sites excluding steroid dienone is 1. The highest BCUT2D eigenvalue weighted by atomic mass is 16.5. The number of nitrogens with one attached hydrogen (secondary N) is 1. The van der Waals surface area contributed by atoms with Crippen molar-refractivity contribution in [1.29, 1.82) is 0 Å². The van der Waals surface area contributed by atoms with E-state index in [1.54, 1.807) is 31.3 Å². The lowest BCUT2D eigenvalue weighted by Crippen LogP contribution is -2.44. The van der Waals surface area contributed by atoms with E-state index in [1.807, 2.05) is 6.07 Å². The highest BCUT2D eigenvalue weighted by Gasteiger charge is 2.18. The topological polar surface area (TPSA) is 71.5 Å². The number of ether oxygens (including phenoxy) is 1. The summed E-state index contributed by atoms with van der Waals surface area (Å²) < 4.78 is 4.83. The van der Waals surface area contributed by atoms with Crippen molar-refractivity contribution < 1.29 is 14.3 Å². The van der Waals surface area contributed by atoms with Crippen LogP contribution >= 0.6 is 0 Å². The Morgan fingerprint density at radius 2 is 2.04 bits per heavy atom. The van der Waals surface area contributed by atoms with Crippen LogP contribution in [0.25, 0.3) is 0 Å². The van der Waals surface area contributed by atoms with Gasteiger partial charge in [0, 0.05) is 38.8 Å². The van der Waals surface area contributed by atoms with Crippen molar-refractivity contribution in [2.75, 3.05) is 37.7 Å². The molecule has 0 bridgehead atoms. The quantitative estimate of drug-likeness (QED) is 0.468. The minimum Gasteiger partial charge on any atom is -0.466 e. The molecule has 2 heterocycles. The lowest BCUT2D eigenvalue weighted by atomic mass is 10.1. The molecule has 0 aliphatic carbocycles. The smallest absolute Gasteiger partial charge is 0.309 e. The number of Topliss-reactive ketones (excluding diaryl/α,β-unsaturated/α-hetero) is 1. The van der Waals surface area contributed by atoms with Gasteiger partial charge in [-0.05, 0) is 19.1 Å². The van der Waals surface area contributed by atoms with E-state index in [2.05, 4.69) is 15.2 Å². The highest BCUT2D eigenvalue weighted by molar-refractivity contribution is 6.01. The molecule has 1 aliphatic heterocycles. The molecule has 0 aromatic carbocycles. The summed E-state index contributed by atoms with van der Waals surface area (Å²) >= 11 is 0. The molecule has 6 heteroatoms. The van der Waals surface area contributed by atoms with Crippen LogP contribution in [0.3, 0.4) is 0 Å². The van der Waals surface area contributed by atoms with Crippen LogP contribution < -0.4 is 10.2 Å². The Kier molecular flexibility index (Phi) is 6.75. The van der Waals surface area contributed by atoms with E-state index < -0.39 is 0 Å². The van der Waals surface area contributed by atoms with Crippen LogP contribution in [0, 0.1) is 0 Å². The Hall–Kier alpha value is -2.21. The molecule has 1 aliphatic rings. The van der Waals surface area contributed by atoms with Crippen molar-refractivity contribution in [2.24, 2.45) is 0 Å². The summed E-state index contributed by atoms with van der Waals surface area (Å²) in [5.41, 5.74) is 0.634. The molecule has 2 rings (SSSR count). The third kappa shape index (κ3) is 5.17. The Labute approximate surface area is 136 Å². The van der Waals surface area contributed by atoms with Gasteiger partial charge < -0.3 is 15.0 Å². The molecule has 0 spiro atoms. The first-order valence-electron chi connectivity index (χ1n) is 7.97. The second-order valence-electron chi connectivity index (χ2n) is 5.22. The third-order valence-electron chi connectivity index (χ3n) is 3.56. The first-order valence-corrected chi connectivity index (χ1v) is 7.97. The first-order chi connectivity index (χ1) is 11.2. The minimum atomic E-state index is -0.279. The van der Waals surface area contributed by atoms with Gasteiger partial charge in [0.2, 0.25) is 0 Å². The van der Waals surface area contributed by atoms with Crippen molar-refractivity contribution in [1.82, 2.24) is 10.3 Å².